The van der Waals surface area contributed by atoms with E-state index in [4.69, 9.17) is 0 Å². The zero-order valence-electron chi connectivity index (χ0n) is 13.0. The summed E-state index contributed by atoms with van der Waals surface area (Å²) in [6.07, 6.45) is 3.72. The molecule has 2 aromatic heterocycles. The number of aliphatic hydroxyl groups is 1. The van der Waals surface area contributed by atoms with Crippen LogP contribution in [0.2, 0.25) is 0 Å². The zero-order chi connectivity index (χ0) is 15.8. The second-order valence-corrected chi connectivity index (χ2v) is 5.87. The molecule has 1 aliphatic heterocycles. The van der Waals surface area contributed by atoms with Gasteiger partial charge in [0.15, 0.2) is 17.0 Å². The van der Waals surface area contributed by atoms with Crippen molar-refractivity contribution in [2.24, 2.45) is 0 Å². The summed E-state index contributed by atoms with van der Waals surface area (Å²) in [5, 5.41) is 10.2. The Morgan fingerprint density at radius 3 is 2.78 bits per heavy atom. The molecule has 0 unspecified atom stereocenters. The van der Waals surface area contributed by atoms with Crippen molar-refractivity contribution in [1.82, 2.24) is 19.5 Å². The van der Waals surface area contributed by atoms with Gasteiger partial charge in [0.1, 0.15) is 6.33 Å². The molecular weight excluding hydrogens is 290 g/mol. The average Bonchev–Trinajstić information content (AvgIpc) is 3.18. The third kappa shape index (κ3) is 2.35. The average molecular weight is 309 g/mol. The maximum absolute atomic E-state index is 10.2. The molecule has 0 saturated carbocycles. The van der Waals surface area contributed by atoms with Crippen molar-refractivity contribution in [2.75, 3.05) is 11.4 Å². The molecule has 4 rings (SSSR count). The van der Waals surface area contributed by atoms with Gasteiger partial charge >= 0.3 is 0 Å². The lowest BCUT2D eigenvalue weighted by Gasteiger charge is -2.25. The van der Waals surface area contributed by atoms with Crippen molar-refractivity contribution in [1.29, 1.82) is 0 Å². The van der Waals surface area contributed by atoms with Gasteiger partial charge in [-0.2, -0.15) is 0 Å². The molecule has 0 bridgehead atoms. The first-order valence-electron chi connectivity index (χ1n) is 7.93. The van der Waals surface area contributed by atoms with E-state index in [9.17, 15) is 5.11 Å². The number of rotatable bonds is 3. The number of aliphatic hydroxyl groups excluding tert-OH is 1. The van der Waals surface area contributed by atoms with Crippen molar-refractivity contribution < 1.29 is 5.11 Å². The van der Waals surface area contributed by atoms with Crippen molar-refractivity contribution in [3.63, 3.8) is 0 Å². The molecule has 0 amide bonds. The second kappa shape index (κ2) is 5.62. The largest absolute Gasteiger partial charge is 0.391 e. The van der Waals surface area contributed by atoms with Crippen LogP contribution >= 0.6 is 0 Å². The summed E-state index contributed by atoms with van der Waals surface area (Å²) in [6, 6.07) is 10.4. The number of aryl methyl sites for hydroxylation is 1. The molecule has 23 heavy (non-hydrogen) atoms. The third-order valence-corrected chi connectivity index (χ3v) is 4.46. The molecule has 6 heteroatoms. The van der Waals surface area contributed by atoms with Crippen molar-refractivity contribution in [3.05, 3.63) is 48.5 Å². The van der Waals surface area contributed by atoms with E-state index in [1.807, 2.05) is 22.8 Å². The number of β-amino-alcohol motifs (C(OH)–C–C–N with tert-alkyl or cyclic N) is 1. The van der Waals surface area contributed by atoms with E-state index in [1.165, 1.54) is 5.56 Å². The van der Waals surface area contributed by atoms with E-state index >= 15 is 0 Å². The molecule has 1 N–H and O–H groups in total. The number of aromatic nitrogens is 4. The van der Waals surface area contributed by atoms with Crippen LogP contribution in [-0.2, 0) is 6.54 Å². The number of fused-ring (bicyclic) bond motifs is 1. The van der Waals surface area contributed by atoms with Crippen LogP contribution in [0.3, 0.4) is 0 Å². The van der Waals surface area contributed by atoms with E-state index in [-0.39, 0.29) is 12.1 Å². The molecule has 118 valence electrons. The summed E-state index contributed by atoms with van der Waals surface area (Å²) < 4.78 is 2.00. The van der Waals surface area contributed by atoms with Crippen LogP contribution in [-0.4, -0.2) is 37.3 Å². The van der Waals surface area contributed by atoms with Crippen molar-refractivity contribution >= 4 is 17.0 Å². The van der Waals surface area contributed by atoms with E-state index in [1.54, 1.807) is 12.7 Å². The minimum Gasteiger partial charge on any atom is -0.391 e. The summed E-state index contributed by atoms with van der Waals surface area (Å²) in [4.78, 5) is 15.5. The van der Waals surface area contributed by atoms with Gasteiger partial charge in [0.05, 0.1) is 18.5 Å². The van der Waals surface area contributed by atoms with E-state index in [0.29, 0.717) is 13.0 Å². The van der Waals surface area contributed by atoms with E-state index < -0.39 is 0 Å². The predicted molar refractivity (Wildman–Crippen MR) is 88.1 cm³/mol. The molecule has 0 aliphatic carbocycles. The minimum atomic E-state index is -0.363. The fourth-order valence-electron chi connectivity index (χ4n) is 3.35. The molecule has 1 fully saturated rings. The molecule has 2 atom stereocenters. The Bertz CT molecular complexity index is 816. The lowest BCUT2D eigenvalue weighted by Crippen LogP contribution is -2.25. The molecule has 3 heterocycles. The molecule has 1 saturated heterocycles. The maximum atomic E-state index is 10.2. The number of nitrogens with zero attached hydrogens (tertiary/aromatic N) is 5. The zero-order valence-corrected chi connectivity index (χ0v) is 13.0. The summed E-state index contributed by atoms with van der Waals surface area (Å²) in [6.45, 7) is 3.44. The first-order chi connectivity index (χ1) is 11.3. The molecule has 3 aromatic rings. The number of anilines is 1. The molecular formula is C17H19N5O. The van der Waals surface area contributed by atoms with Gasteiger partial charge in [-0.3, -0.25) is 0 Å². The van der Waals surface area contributed by atoms with Crippen LogP contribution in [0.1, 0.15) is 24.9 Å². The summed E-state index contributed by atoms with van der Waals surface area (Å²) in [5.74, 6) is 0.799. The Morgan fingerprint density at radius 1 is 1.17 bits per heavy atom. The van der Waals surface area contributed by atoms with Gasteiger partial charge in [-0.25, -0.2) is 15.0 Å². The summed E-state index contributed by atoms with van der Waals surface area (Å²) in [5.41, 5.74) is 2.82. The smallest absolute Gasteiger partial charge is 0.165 e. The third-order valence-electron chi connectivity index (χ3n) is 4.46. The molecule has 6 nitrogen and oxygen atoms in total. The summed E-state index contributed by atoms with van der Waals surface area (Å²) >= 11 is 0. The van der Waals surface area contributed by atoms with Crippen LogP contribution in [0.15, 0.2) is 43.0 Å². The van der Waals surface area contributed by atoms with Crippen molar-refractivity contribution in [2.45, 2.75) is 32.0 Å². The van der Waals surface area contributed by atoms with Crippen LogP contribution in [0.4, 0.5) is 5.82 Å². The number of hydrogen-bond donors (Lipinski definition) is 1. The predicted octanol–water partition coefficient (Wildman–Crippen LogP) is 2.16. The minimum absolute atomic E-state index is 0.107. The highest BCUT2D eigenvalue weighted by atomic mass is 16.3. The SMILES string of the molecule is CCn1cnc2c(N3C[C@@H](O)C[C@@H]3c3ccccc3)ncnc21. The van der Waals surface area contributed by atoms with E-state index in [0.717, 1.165) is 23.5 Å². The van der Waals surface area contributed by atoms with Gasteiger partial charge in [0.2, 0.25) is 0 Å². The highest BCUT2D eigenvalue weighted by Gasteiger charge is 2.34. The summed E-state index contributed by atoms with van der Waals surface area (Å²) in [7, 11) is 0. The van der Waals surface area contributed by atoms with Crippen LogP contribution in [0.25, 0.3) is 11.2 Å². The van der Waals surface area contributed by atoms with Gasteiger partial charge < -0.3 is 14.6 Å². The first-order valence-corrected chi connectivity index (χ1v) is 7.93. The number of benzene rings is 1. The maximum Gasteiger partial charge on any atom is 0.165 e. The Morgan fingerprint density at radius 2 is 2.00 bits per heavy atom. The molecule has 0 radical (unpaired) electrons. The topological polar surface area (TPSA) is 67.1 Å². The lowest BCUT2D eigenvalue weighted by atomic mass is 10.0. The number of hydrogen-bond acceptors (Lipinski definition) is 5. The van der Waals surface area contributed by atoms with Crippen LogP contribution < -0.4 is 4.90 Å². The van der Waals surface area contributed by atoms with Gasteiger partial charge in [-0.05, 0) is 18.9 Å². The molecule has 0 spiro atoms. The number of imidazole rings is 1. The Hall–Kier alpha value is -2.47. The van der Waals surface area contributed by atoms with Crippen molar-refractivity contribution in [3.8, 4) is 0 Å². The quantitative estimate of drug-likeness (QED) is 0.803. The fraction of sp³-hybridized carbons (Fsp3) is 0.353. The Balaban J connectivity index is 1.81. The standard InChI is InChI=1S/C17H19N5O/c1-2-21-11-20-15-16(21)18-10-19-17(15)22-9-13(23)8-14(22)12-6-4-3-5-7-12/h3-7,10-11,13-14,23H,2,8-9H2,1H3/t13-,14+/m0/s1. The first kappa shape index (κ1) is 14.1. The molecule has 1 aromatic carbocycles. The van der Waals surface area contributed by atoms with Crippen LogP contribution in [0.5, 0.6) is 0 Å². The van der Waals surface area contributed by atoms with Gasteiger partial charge in [0.25, 0.3) is 0 Å². The highest BCUT2D eigenvalue weighted by molar-refractivity contribution is 5.83. The van der Waals surface area contributed by atoms with Gasteiger partial charge in [-0.1, -0.05) is 30.3 Å². The lowest BCUT2D eigenvalue weighted by molar-refractivity contribution is 0.194. The Labute approximate surface area is 134 Å². The Kier molecular flexibility index (Phi) is 3.46. The fourth-order valence-corrected chi connectivity index (χ4v) is 3.35. The second-order valence-electron chi connectivity index (χ2n) is 5.87. The van der Waals surface area contributed by atoms with E-state index in [2.05, 4.69) is 38.9 Å². The normalized spacial score (nSPS) is 21.2. The monoisotopic (exact) mass is 309 g/mol. The highest BCUT2D eigenvalue weighted by Crippen LogP contribution is 2.37. The van der Waals surface area contributed by atoms with Crippen LogP contribution in [0, 0.1) is 0 Å². The molecule has 1 aliphatic rings. The van der Waals surface area contributed by atoms with Gasteiger partial charge in [-0.15, -0.1) is 0 Å². The van der Waals surface area contributed by atoms with Gasteiger partial charge in [0, 0.05) is 13.1 Å².